The Bertz CT molecular complexity index is 704. The number of rotatable bonds is 12. The van der Waals surface area contributed by atoms with Crippen LogP contribution in [0.25, 0.3) is 0 Å². The molecular weight excluding hydrogens is 399 g/mol. The fourth-order valence-corrected chi connectivity index (χ4v) is 3.85. The standard InChI is InChI=1S/C15H22ClFN6OS2/c16-11-8-14(26(24)23-15-21-10-22-25-15)12(17)9-13(11)20-7-2-1-5-19-6-3-4-18/h8-10,19-20H,1-7,18H2,(H,21,22,23). The molecule has 0 aliphatic rings. The first-order valence-corrected chi connectivity index (χ1v) is 10.5. The second-order valence-electron chi connectivity index (χ2n) is 5.41. The minimum Gasteiger partial charge on any atom is -0.384 e. The van der Waals surface area contributed by atoms with Gasteiger partial charge in [0.25, 0.3) is 0 Å². The molecule has 11 heteroatoms. The van der Waals surface area contributed by atoms with E-state index in [1.54, 1.807) is 0 Å². The summed E-state index contributed by atoms with van der Waals surface area (Å²) in [7, 11) is -1.80. The number of nitrogens with two attached hydrogens (primary N) is 1. The monoisotopic (exact) mass is 420 g/mol. The molecule has 0 bridgehead atoms. The number of unbranched alkanes of at least 4 members (excludes halogenated alkanes) is 1. The molecule has 1 atom stereocenters. The highest BCUT2D eigenvalue weighted by Crippen LogP contribution is 2.28. The summed E-state index contributed by atoms with van der Waals surface area (Å²) in [6.07, 6.45) is 4.20. The number of benzene rings is 1. The van der Waals surface area contributed by atoms with Crippen LogP contribution in [0.2, 0.25) is 5.02 Å². The zero-order valence-electron chi connectivity index (χ0n) is 14.1. The first-order chi connectivity index (χ1) is 12.6. The summed E-state index contributed by atoms with van der Waals surface area (Å²) in [6, 6.07) is 2.62. The number of nitrogens with one attached hydrogen (secondary N) is 3. The number of hydrogen-bond acceptors (Lipinski definition) is 7. The summed E-state index contributed by atoms with van der Waals surface area (Å²) >= 11 is 7.22. The first kappa shape index (κ1) is 21.0. The molecule has 0 fully saturated rings. The number of aromatic nitrogens is 2. The van der Waals surface area contributed by atoms with E-state index in [9.17, 15) is 8.60 Å². The Hall–Kier alpha value is -1.33. The van der Waals surface area contributed by atoms with Crippen molar-refractivity contribution in [2.45, 2.75) is 24.2 Å². The molecule has 1 unspecified atom stereocenters. The molecule has 7 nitrogen and oxygen atoms in total. The van der Waals surface area contributed by atoms with E-state index in [1.165, 1.54) is 18.5 Å². The van der Waals surface area contributed by atoms with Crippen molar-refractivity contribution in [2.75, 3.05) is 36.2 Å². The summed E-state index contributed by atoms with van der Waals surface area (Å²) in [5.41, 5.74) is 5.91. The van der Waals surface area contributed by atoms with E-state index in [0.29, 0.717) is 28.9 Å². The van der Waals surface area contributed by atoms with Crippen LogP contribution in [0, 0.1) is 5.82 Å². The van der Waals surface area contributed by atoms with E-state index in [2.05, 4.69) is 24.7 Å². The number of halogens is 2. The molecule has 144 valence electrons. The fourth-order valence-electron chi connectivity index (χ4n) is 2.11. The Labute approximate surface area is 163 Å². The summed E-state index contributed by atoms with van der Waals surface area (Å²) in [5.74, 6) is -0.601. The highest BCUT2D eigenvalue weighted by atomic mass is 35.5. The number of hydrogen-bond donors (Lipinski definition) is 4. The summed E-state index contributed by atoms with van der Waals surface area (Å²) < 4.78 is 32.9. The SMILES string of the molecule is NCCCNCCCCNc1cc(F)c(S(=O)Nc2ncns2)cc1Cl. The number of nitrogens with zero attached hydrogens (tertiary/aromatic N) is 2. The van der Waals surface area contributed by atoms with Gasteiger partial charge in [0, 0.05) is 18.1 Å². The van der Waals surface area contributed by atoms with E-state index < -0.39 is 16.8 Å². The molecule has 1 aromatic carbocycles. The predicted octanol–water partition coefficient (Wildman–Crippen LogP) is 2.60. The average Bonchev–Trinajstić information content (AvgIpc) is 3.12. The van der Waals surface area contributed by atoms with Crippen LogP contribution >= 0.6 is 23.1 Å². The van der Waals surface area contributed by atoms with Gasteiger partial charge in [0.2, 0.25) is 5.13 Å². The molecule has 5 N–H and O–H groups in total. The van der Waals surface area contributed by atoms with E-state index in [1.807, 2.05) is 0 Å². The Balaban J connectivity index is 1.81. The average molecular weight is 421 g/mol. The van der Waals surface area contributed by atoms with Crippen molar-refractivity contribution in [1.29, 1.82) is 0 Å². The lowest BCUT2D eigenvalue weighted by Gasteiger charge is -2.11. The van der Waals surface area contributed by atoms with Gasteiger partial charge in [-0.3, -0.25) is 4.72 Å². The van der Waals surface area contributed by atoms with Crippen molar-refractivity contribution in [3.63, 3.8) is 0 Å². The molecule has 0 saturated heterocycles. The van der Waals surface area contributed by atoms with Crippen LogP contribution in [0.1, 0.15) is 19.3 Å². The van der Waals surface area contributed by atoms with Crippen LogP contribution in [-0.4, -0.2) is 39.7 Å². The highest BCUT2D eigenvalue weighted by Gasteiger charge is 2.15. The first-order valence-electron chi connectivity index (χ1n) is 8.20. The molecule has 0 aliphatic carbocycles. The molecule has 0 spiro atoms. The van der Waals surface area contributed by atoms with Crippen molar-refractivity contribution in [2.24, 2.45) is 5.73 Å². The minimum atomic E-state index is -1.80. The van der Waals surface area contributed by atoms with Crippen LogP contribution in [0.5, 0.6) is 0 Å². The smallest absolute Gasteiger partial charge is 0.214 e. The lowest BCUT2D eigenvalue weighted by Crippen LogP contribution is -2.19. The van der Waals surface area contributed by atoms with E-state index in [4.69, 9.17) is 17.3 Å². The molecule has 0 amide bonds. The third kappa shape index (κ3) is 6.76. The third-order valence-corrected chi connectivity index (χ3v) is 5.53. The Morgan fingerprint density at radius 3 is 2.73 bits per heavy atom. The maximum absolute atomic E-state index is 14.3. The maximum Gasteiger partial charge on any atom is 0.214 e. The fraction of sp³-hybridized carbons (Fsp3) is 0.467. The minimum absolute atomic E-state index is 0.0279. The van der Waals surface area contributed by atoms with Crippen molar-refractivity contribution in [3.05, 3.63) is 29.3 Å². The van der Waals surface area contributed by atoms with E-state index in [0.717, 1.165) is 43.9 Å². The van der Waals surface area contributed by atoms with Crippen molar-refractivity contribution >= 4 is 44.9 Å². The molecule has 26 heavy (non-hydrogen) atoms. The van der Waals surface area contributed by atoms with Gasteiger partial charge in [0.1, 0.15) is 12.1 Å². The van der Waals surface area contributed by atoms with Crippen LogP contribution in [0.4, 0.5) is 15.2 Å². The Morgan fingerprint density at radius 2 is 2.00 bits per heavy atom. The quantitative estimate of drug-likeness (QED) is 0.393. The second-order valence-corrected chi connectivity index (χ2v) is 7.77. The summed E-state index contributed by atoms with van der Waals surface area (Å²) in [5, 5.41) is 7.07. The van der Waals surface area contributed by atoms with Crippen molar-refractivity contribution in [3.8, 4) is 0 Å². The Morgan fingerprint density at radius 1 is 1.23 bits per heavy atom. The van der Waals surface area contributed by atoms with Gasteiger partial charge >= 0.3 is 0 Å². The van der Waals surface area contributed by atoms with Crippen LogP contribution < -0.4 is 21.1 Å². The molecule has 0 aliphatic heterocycles. The van der Waals surface area contributed by atoms with Gasteiger partial charge in [-0.15, -0.1) is 0 Å². The molecule has 1 aromatic heterocycles. The second kappa shape index (κ2) is 11.4. The van der Waals surface area contributed by atoms with Gasteiger partial charge in [0.05, 0.1) is 15.6 Å². The number of anilines is 2. The topological polar surface area (TPSA) is 105 Å². The van der Waals surface area contributed by atoms with Crippen LogP contribution in [0.15, 0.2) is 23.4 Å². The third-order valence-electron chi connectivity index (χ3n) is 3.42. The molecular formula is C15H22ClFN6OS2. The summed E-state index contributed by atoms with van der Waals surface area (Å²) in [6.45, 7) is 3.20. The molecule has 2 aromatic rings. The lowest BCUT2D eigenvalue weighted by atomic mass is 10.2. The van der Waals surface area contributed by atoms with E-state index >= 15 is 0 Å². The van der Waals surface area contributed by atoms with Gasteiger partial charge in [-0.05, 0) is 51.0 Å². The van der Waals surface area contributed by atoms with Gasteiger partial charge in [0.15, 0.2) is 11.0 Å². The van der Waals surface area contributed by atoms with Gasteiger partial charge in [-0.25, -0.2) is 13.6 Å². The highest BCUT2D eigenvalue weighted by molar-refractivity contribution is 7.86. The molecule has 1 heterocycles. The lowest BCUT2D eigenvalue weighted by molar-refractivity contribution is 0.596. The van der Waals surface area contributed by atoms with E-state index in [-0.39, 0.29) is 4.90 Å². The molecule has 0 saturated carbocycles. The molecule has 2 rings (SSSR count). The normalized spacial score (nSPS) is 12.1. The van der Waals surface area contributed by atoms with Crippen LogP contribution in [0.3, 0.4) is 0 Å². The Kier molecular flexibility index (Phi) is 9.19. The zero-order valence-corrected chi connectivity index (χ0v) is 16.5. The van der Waals surface area contributed by atoms with Gasteiger partial charge < -0.3 is 16.4 Å². The van der Waals surface area contributed by atoms with Gasteiger partial charge in [-0.2, -0.15) is 4.37 Å². The van der Waals surface area contributed by atoms with Gasteiger partial charge in [-0.1, -0.05) is 11.6 Å². The van der Waals surface area contributed by atoms with Crippen molar-refractivity contribution < 1.29 is 8.60 Å². The maximum atomic E-state index is 14.3. The van der Waals surface area contributed by atoms with Crippen LogP contribution in [-0.2, 0) is 11.0 Å². The predicted molar refractivity (Wildman–Crippen MR) is 106 cm³/mol. The molecule has 0 radical (unpaired) electrons. The largest absolute Gasteiger partial charge is 0.384 e. The zero-order chi connectivity index (χ0) is 18.8. The summed E-state index contributed by atoms with van der Waals surface area (Å²) in [4.78, 5) is 3.83. The van der Waals surface area contributed by atoms with Crippen molar-refractivity contribution in [1.82, 2.24) is 14.7 Å².